The summed E-state index contributed by atoms with van der Waals surface area (Å²) in [6.45, 7) is 2.11. The molecule has 0 aromatic heterocycles. The Morgan fingerprint density at radius 2 is 2.46 bits per heavy atom. The van der Waals surface area contributed by atoms with Crippen molar-refractivity contribution in [2.75, 3.05) is 11.5 Å². The van der Waals surface area contributed by atoms with Gasteiger partial charge in [0, 0.05) is 5.75 Å². The largest absolute Gasteiger partial charge is 0.364 e. The molecule has 0 aromatic rings. The minimum atomic E-state index is -0.326. The SMILES string of the molecule is CCSCC1CCC(C(=O)NN)O1. The van der Waals surface area contributed by atoms with Gasteiger partial charge in [-0.15, -0.1) is 0 Å². The van der Waals surface area contributed by atoms with Crippen LogP contribution in [0.4, 0.5) is 0 Å². The van der Waals surface area contributed by atoms with Crippen molar-refractivity contribution in [3.8, 4) is 0 Å². The van der Waals surface area contributed by atoms with Crippen LogP contribution in [-0.4, -0.2) is 29.6 Å². The van der Waals surface area contributed by atoms with E-state index in [1.807, 2.05) is 11.8 Å². The molecule has 76 valence electrons. The molecule has 13 heavy (non-hydrogen) atoms. The topological polar surface area (TPSA) is 64.4 Å². The minimum Gasteiger partial charge on any atom is -0.364 e. The van der Waals surface area contributed by atoms with Gasteiger partial charge in [-0.25, -0.2) is 5.84 Å². The van der Waals surface area contributed by atoms with E-state index in [1.54, 1.807) is 0 Å². The van der Waals surface area contributed by atoms with Crippen LogP contribution in [0.5, 0.6) is 0 Å². The van der Waals surface area contributed by atoms with Gasteiger partial charge in [0.25, 0.3) is 5.91 Å². The van der Waals surface area contributed by atoms with Crippen molar-refractivity contribution >= 4 is 17.7 Å². The zero-order valence-electron chi connectivity index (χ0n) is 7.79. The standard InChI is InChI=1S/C8H16N2O2S/c1-2-13-5-6-3-4-7(12-6)8(11)10-9/h6-7H,2-5,9H2,1H3,(H,10,11). The van der Waals surface area contributed by atoms with Crippen LogP contribution in [0.25, 0.3) is 0 Å². The van der Waals surface area contributed by atoms with E-state index in [9.17, 15) is 4.79 Å². The summed E-state index contributed by atoms with van der Waals surface area (Å²) in [7, 11) is 0. The molecule has 2 unspecified atom stereocenters. The predicted octanol–water partition coefficient (Wildman–Crippen LogP) is 0.277. The molecule has 1 heterocycles. The summed E-state index contributed by atoms with van der Waals surface area (Å²) in [5.41, 5.74) is 2.11. The fourth-order valence-electron chi connectivity index (χ4n) is 1.36. The fraction of sp³-hybridized carbons (Fsp3) is 0.875. The van der Waals surface area contributed by atoms with Gasteiger partial charge in [-0.05, 0) is 18.6 Å². The van der Waals surface area contributed by atoms with Crippen LogP contribution < -0.4 is 11.3 Å². The summed E-state index contributed by atoms with van der Waals surface area (Å²) in [6.07, 6.45) is 1.66. The third-order valence-electron chi connectivity index (χ3n) is 2.05. The fourth-order valence-corrected chi connectivity index (χ4v) is 2.11. The van der Waals surface area contributed by atoms with Gasteiger partial charge in [0.15, 0.2) is 0 Å². The van der Waals surface area contributed by atoms with E-state index < -0.39 is 0 Å². The minimum absolute atomic E-state index is 0.205. The van der Waals surface area contributed by atoms with Crippen molar-refractivity contribution in [3.05, 3.63) is 0 Å². The van der Waals surface area contributed by atoms with E-state index in [0.717, 1.165) is 24.3 Å². The second-order valence-corrected chi connectivity index (χ2v) is 4.31. The Labute approximate surface area is 82.5 Å². The van der Waals surface area contributed by atoms with Crippen LogP contribution in [0.2, 0.25) is 0 Å². The number of amides is 1. The lowest BCUT2D eigenvalue weighted by molar-refractivity contribution is -0.131. The van der Waals surface area contributed by atoms with Crippen LogP contribution in [0, 0.1) is 0 Å². The van der Waals surface area contributed by atoms with E-state index in [-0.39, 0.29) is 18.1 Å². The molecule has 1 amide bonds. The van der Waals surface area contributed by atoms with Crippen LogP contribution in [-0.2, 0) is 9.53 Å². The molecule has 2 atom stereocenters. The Kier molecular flexibility index (Phi) is 4.55. The van der Waals surface area contributed by atoms with Gasteiger partial charge in [0.2, 0.25) is 0 Å². The molecule has 0 bridgehead atoms. The van der Waals surface area contributed by atoms with E-state index in [1.165, 1.54) is 0 Å². The van der Waals surface area contributed by atoms with Crippen LogP contribution in [0.15, 0.2) is 0 Å². The Hall–Kier alpha value is -0.260. The lowest BCUT2D eigenvalue weighted by Gasteiger charge is -2.11. The third-order valence-corrected chi connectivity index (χ3v) is 3.07. The third kappa shape index (κ3) is 3.17. The van der Waals surface area contributed by atoms with Crippen molar-refractivity contribution in [2.45, 2.75) is 32.0 Å². The van der Waals surface area contributed by atoms with E-state index in [0.29, 0.717) is 0 Å². The number of thioether (sulfide) groups is 1. The summed E-state index contributed by atoms with van der Waals surface area (Å²) in [5.74, 6) is 6.88. The highest BCUT2D eigenvalue weighted by atomic mass is 32.2. The van der Waals surface area contributed by atoms with Gasteiger partial charge in [0.05, 0.1) is 6.10 Å². The molecule has 3 N–H and O–H groups in total. The molecule has 1 fully saturated rings. The van der Waals surface area contributed by atoms with Crippen molar-refractivity contribution < 1.29 is 9.53 Å². The summed E-state index contributed by atoms with van der Waals surface area (Å²) in [6, 6.07) is 0. The lowest BCUT2D eigenvalue weighted by atomic mass is 10.2. The maximum Gasteiger partial charge on any atom is 0.263 e. The smallest absolute Gasteiger partial charge is 0.263 e. The molecule has 1 aliphatic rings. The molecule has 0 radical (unpaired) electrons. The number of nitrogens with one attached hydrogen (secondary N) is 1. The quantitative estimate of drug-likeness (QED) is 0.392. The average molecular weight is 204 g/mol. The highest BCUT2D eigenvalue weighted by Gasteiger charge is 2.29. The first-order chi connectivity index (χ1) is 6.27. The molecule has 0 saturated carbocycles. The Bertz CT molecular complexity index is 178. The molecule has 0 aliphatic carbocycles. The summed E-state index contributed by atoms with van der Waals surface area (Å²) in [4.78, 5) is 11.1. The predicted molar refractivity (Wildman–Crippen MR) is 53.2 cm³/mol. The maximum absolute atomic E-state index is 11.1. The average Bonchev–Trinajstić information content (AvgIpc) is 2.62. The number of hydrazine groups is 1. The summed E-state index contributed by atoms with van der Waals surface area (Å²) >= 11 is 1.84. The normalized spacial score (nSPS) is 27.5. The number of hydrogen-bond donors (Lipinski definition) is 2. The van der Waals surface area contributed by atoms with Gasteiger partial charge >= 0.3 is 0 Å². The highest BCUT2D eigenvalue weighted by molar-refractivity contribution is 7.99. The Balaban J connectivity index is 2.23. The first kappa shape index (κ1) is 10.8. The number of carbonyl (C=O) groups excluding carboxylic acids is 1. The Morgan fingerprint density at radius 1 is 1.69 bits per heavy atom. The van der Waals surface area contributed by atoms with Crippen molar-refractivity contribution in [2.24, 2.45) is 5.84 Å². The molecular weight excluding hydrogens is 188 g/mol. The van der Waals surface area contributed by atoms with Crippen LogP contribution >= 0.6 is 11.8 Å². The van der Waals surface area contributed by atoms with E-state index in [2.05, 4.69) is 12.3 Å². The lowest BCUT2D eigenvalue weighted by Crippen LogP contribution is -2.39. The zero-order valence-corrected chi connectivity index (χ0v) is 8.60. The van der Waals surface area contributed by atoms with Crippen LogP contribution in [0.1, 0.15) is 19.8 Å². The second-order valence-electron chi connectivity index (χ2n) is 2.99. The monoisotopic (exact) mass is 204 g/mol. The van der Waals surface area contributed by atoms with Crippen molar-refractivity contribution in [1.29, 1.82) is 0 Å². The molecular formula is C8H16N2O2S. The number of rotatable bonds is 4. The van der Waals surface area contributed by atoms with Gasteiger partial charge in [-0.2, -0.15) is 11.8 Å². The number of carbonyl (C=O) groups is 1. The molecule has 4 nitrogen and oxygen atoms in total. The molecule has 0 aromatic carbocycles. The first-order valence-corrected chi connectivity index (χ1v) is 5.67. The molecule has 1 aliphatic heterocycles. The van der Waals surface area contributed by atoms with Gasteiger partial charge in [-0.3, -0.25) is 10.2 Å². The van der Waals surface area contributed by atoms with Gasteiger partial charge in [-0.1, -0.05) is 6.92 Å². The van der Waals surface area contributed by atoms with Crippen molar-refractivity contribution in [3.63, 3.8) is 0 Å². The summed E-state index contributed by atoms with van der Waals surface area (Å²) < 4.78 is 5.50. The summed E-state index contributed by atoms with van der Waals surface area (Å²) in [5, 5.41) is 0. The zero-order chi connectivity index (χ0) is 9.68. The van der Waals surface area contributed by atoms with E-state index in [4.69, 9.17) is 10.6 Å². The maximum atomic E-state index is 11.1. The molecule has 5 heteroatoms. The van der Waals surface area contributed by atoms with Gasteiger partial charge < -0.3 is 4.74 Å². The molecule has 0 spiro atoms. The molecule has 1 rings (SSSR count). The first-order valence-electron chi connectivity index (χ1n) is 4.51. The highest BCUT2D eigenvalue weighted by Crippen LogP contribution is 2.22. The van der Waals surface area contributed by atoms with Crippen molar-refractivity contribution in [1.82, 2.24) is 5.43 Å². The number of nitrogens with two attached hydrogens (primary N) is 1. The van der Waals surface area contributed by atoms with E-state index >= 15 is 0 Å². The van der Waals surface area contributed by atoms with Gasteiger partial charge in [0.1, 0.15) is 6.10 Å². The molecule has 1 saturated heterocycles. The second kappa shape index (κ2) is 5.47. The van der Waals surface area contributed by atoms with Crippen LogP contribution in [0.3, 0.4) is 0 Å². The number of hydrogen-bond acceptors (Lipinski definition) is 4. The Morgan fingerprint density at radius 3 is 3.08 bits per heavy atom. The number of ether oxygens (including phenoxy) is 1.